The Morgan fingerprint density at radius 2 is 2.10 bits per heavy atom. The van der Waals surface area contributed by atoms with E-state index in [1.54, 1.807) is 25.1 Å². The van der Waals surface area contributed by atoms with Crippen LogP contribution in [0.2, 0.25) is 0 Å². The molecule has 2 aromatic rings. The highest BCUT2D eigenvalue weighted by molar-refractivity contribution is 5.35. The molecule has 0 aliphatic rings. The molecule has 5 nitrogen and oxygen atoms in total. The quantitative estimate of drug-likeness (QED) is 0.883. The number of nitrogens with zero attached hydrogens (tertiary/aromatic N) is 2. The molecule has 0 saturated carbocycles. The van der Waals surface area contributed by atoms with Gasteiger partial charge in [-0.2, -0.15) is 13.8 Å². The number of nitrogens with one attached hydrogen (secondary N) is 1. The summed E-state index contributed by atoms with van der Waals surface area (Å²) in [5, 5.41) is 6.88. The van der Waals surface area contributed by atoms with E-state index in [9.17, 15) is 8.78 Å². The first-order valence-corrected chi connectivity index (χ1v) is 6.12. The molecule has 1 aromatic carbocycles. The van der Waals surface area contributed by atoms with Crippen molar-refractivity contribution < 1.29 is 18.0 Å². The third kappa shape index (κ3) is 3.74. The summed E-state index contributed by atoms with van der Waals surface area (Å²) in [5.41, 5.74) is 0.646. The molecule has 108 valence electrons. The average molecular weight is 283 g/mol. The van der Waals surface area contributed by atoms with Crippen LogP contribution in [-0.4, -0.2) is 16.8 Å². The molecule has 1 unspecified atom stereocenters. The van der Waals surface area contributed by atoms with Crippen molar-refractivity contribution in [2.45, 2.75) is 33.0 Å². The van der Waals surface area contributed by atoms with Crippen LogP contribution >= 0.6 is 0 Å². The lowest BCUT2D eigenvalue weighted by molar-refractivity contribution is -0.0506. The zero-order valence-corrected chi connectivity index (χ0v) is 11.1. The van der Waals surface area contributed by atoms with Gasteiger partial charge in [0.15, 0.2) is 5.82 Å². The van der Waals surface area contributed by atoms with Gasteiger partial charge in [0.1, 0.15) is 5.75 Å². The van der Waals surface area contributed by atoms with Crippen molar-refractivity contribution in [2.75, 3.05) is 0 Å². The van der Waals surface area contributed by atoms with Crippen LogP contribution in [0.3, 0.4) is 0 Å². The van der Waals surface area contributed by atoms with E-state index in [1.807, 2.05) is 6.92 Å². The monoisotopic (exact) mass is 283 g/mol. The lowest BCUT2D eigenvalue weighted by Crippen LogP contribution is -2.20. The van der Waals surface area contributed by atoms with Crippen LogP contribution in [0.25, 0.3) is 0 Å². The van der Waals surface area contributed by atoms with Crippen LogP contribution in [0.4, 0.5) is 8.78 Å². The number of rotatable bonds is 6. The molecule has 7 heteroatoms. The molecule has 0 aliphatic carbocycles. The number of hydrogen-bond donors (Lipinski definition) is 1. The molecule has 0 fully saturated rings. The van der Waals surface area contributed by atoms with E-state index in [4.69, 9.17) is 4.52 Å². The highest BCUT2D eigenvalue weighted by atomic mass is 19.3. The summed E-state index contributed by atoms with van der Waals surface area (Å²) >= 11 is 0. The van der Waals surface area contributed by atoms with E-state index in [-0.39, 0.29) is 11.8 Å². The third-order valence-corrected chi connectivity index (χ3v) is 2.74. The van der Waals surface area contributed by atoms with Crippen molar-refractivity contribution in [2.24, 2.45) is 0 Å². The number of ether oxygens (including phenoxy) is 1. The van der Waals surface area contributed by atoms with E-state index in [0.717, 1.165) is 0 Å². The van der Waals surface area contributed by atoms with Gasteiger partial charge in [-0.05, 0) is 13.0 Å². The minimum absolute atomic E-state index is 0.159. The Bertz CT molecular complexity index is 560. The first-order chi connectivity index (χ1) is 9.56. The van der Waals surface area contributed by atoms with Crippen LogP contribution in [0.1, 0.15) is 30.2 Å². The maximum atomic E-state index is 12.3. The smallest absolute Gasteiger partial charge is 0.387 e. The Kier molecular flexibility index (Phi) is 4.62. The molecule has 1 N–H and O–H groups in total. The van der Waals surface area contributed by atoms with Gasteiger partial charge in [0.25, 0.3) is 0 Å². The van der Waals surface area contributed by atoms with E-state index < -0.39 is 6.61 Å². The fourth-order valence-electron chi connectivity index (χ4n) is 1.81. The molecule has 0 aliphatic heterocycles. The zero-order chi connectivity index (χ0) is 14.5. The van der Waals surface area contributed by atoms with Gasteiger partial charge in [-0.1, -0.05) is 23.4 Å². The van der Waals surface area contributed by atoms with Gasteiger partial charge >= 0.3 is 6.61 Å². The molecule has 0 radical (unpaired) electrons. The fraction of sp³-hybridized carbons (Fsp3) is 0.385. The Hall–Kier alpha value is -2.02. The molecule has 2 rings (SSSR count). The summed E-state index contributed by atoms with van der Waals surface area (Å²) in [4.78, 5) is 4.06. The highest BCUT2D eigenvalue weighted by Crippen LogP contribution is 2.26. The van der Waals surface area contributed by atoms with Gasteiger partial charge in [-0.25, -0.2) is 0 Å². The van der Waals surface area contributed by atoms with Crippen molar-refractivity contribution >= 4 is 0 Å². The molecular weight excluding hydrogens is 268 g/mol. The van der Waals surface area contributed by atoms with Crippen LogP contribution in [0.5, 0.6) is 5.75 Å². The lowest BCUT2D eigenvalue weighted by atomic mass is 10.1. The molecule has 0 bridgehead atoms. The number of benzene rings is 1. The molecule has 1 atom stereocenters. The van der Waals surface area contributed by atoms with E-state index in [2.05, 4.69) is 20.2 Å². The van der Waals surface area contributed by atoms with E-state index in [1.165, 1.54) is 6.07 Å². The molecular formula is C13H15F2N3O2. The number of aromatic nitrogens is 2. The SMILES string of the molecule is Cc1nc(CNC(C)c2ccccc2OC(F)F)no1. The first-order valence-electron chi connectivity index (χ1n) is 6.12. The average Bonchev–Trinajstić information content (AvgIpc) is 2.82. The minimum atomic E-state index is -2.84. The topological polar surface area (TPSA) is 60.2 Å². The molecule has 0 amide bonds. The summed E-state index contributed by atoms with van der Waals surface area (Å²) in [6, 6.07) is 6.47. The lowest BCUT2D eigenvalue weighted by Gasteiger charge is -2.17. The fourth-order valence-corrected chi connectivity index (χ4v) is 1.81. The van der Waals surface area contributed by atoms with Gasteiger partial charge in [-0.3, -0.25) is 0 Å². The van der Waals surface area contributed by atoms with Crippen LogP contribution in [0.15, 0.2) is 28.8 Å². The van der Waals surface area contributed by atoms with E-state index >= 15 is 0 Å². The summed E-state index contributed by atoms with van der Waals surface area (Å²) in [5.74, 6) is 1.16. The summed E-state index contributed by atoms with van der Waals surface area (Å²) in [6.07, 6.45) is 0. The van der Waals surface area contributed by atoms with E-state index in [0.29, 0.717) is 23.8 Å². The van der Waals surface area contributed by atoms with Crippen LogP contribution in [-0.2, 0) is 6.54 Å². The van der Waals surface area contributed by atoms with Gasteiger partial charge in [0.05, 0.1) is 6.54 Å². The minimum Gasteiger partial charge on any atom is -0.434 e. The normalized spacial score (nSPS) is 12.7. The summed E-state index contributed by atoms with van der Waals surface area (Å²) < 4.78 is 34.0. The molecule has 1 heterocycles. The Balaban J connectivity index is 2.03. The molecule has 0 saturated heterocycles. The van der Waals surface area contributed by atoms with Crippen molar-refractivity contribution in [1.29, 1.82) is 0 Å². The zero-order valence-electron chi connectivity index (χ0n) is 11.1. The Morgan fingerprint density at radius 1 is 1.35 bits per heavy atom. The number of aryl methyl sites for hydroxylation is 1. The summed E-state index contributed by atoms with van der Waals surface area (Å²) in [6.45, 7) is 1.08. The largest absolute Gasteiger partial charge is 0.434 e. The number of alkyl halides is 2. The van der Waals surface area contributed by atoms with Crippen molar-refractivity contribution in [1.82, 2.24) is 15.5 Å². The Labute approximate surface area is 114 Å². The first kappa shape index (κ1) is 14.4. The number of hydrogen-bond acceptors (Lipinski definition) is 5. The van der Waals surface area contributed by atoms with Gasteiger partial charge in [0, 0.05) is 18.5 Å². The van der Waals surface area contributed by atoms with Crippen LogP contribution < -0.4 is 10.1 Å². The molecule has 0 spiro atoms. The predicted octanol–water partition coefficient (Wildman–Crippen LogP) is 2.83. The summed E-state index contributed by atoms with van der Waals surface area (Å²) in [7, 11) is 0. The van der Waals surface area contributed by atoms with Crippen molar-refractivity contribution in [3.63, 3.8) is 0 Å². The maximum Gasteiger partial charge on any atom is 0.387 e. The number of halogens is 2. The van der Waals surface area contributed by atoms with Crippen molar-refractivity contribution in [3.8, 4) is 5.75 Å². The second-order valence-electron chi connectivity index (χ2n) is 4.25. The van der Waals surface area contributed by atoms with Gasteiger partial charge < -0.3 is 14.6 Å². The number of para-hydroxylation sites is 1. The maximum absolute atomic E-state index is 12.3. The highest BCUT2D eigenvalue weighted by Gasteiger charge is 2.14. The van der Waals surface area contributed by atoms with Crippen LogP contribution in [0, 0.1) is 6.92 Å². The standard InChI is InChI=1S/C13H15F2N3O2/c1-8(16-7-12-17-9(2)20-18-12)10-5-3-4-6-11(10)19-13(14)15/h3-6,8,13,16H,7H2,1-2H3. The van der Waals surface area contributed by atoms with Gasteiger partial charge in [0.2, 0.25) is 5.89 Å². The van der Waals surface area contributed by atoms with Gasteiger partial charge in [-0.15, -0.1) is 0 Å². The Morgan fingerprint density at radius 3 is 2.75 bits per heavy atom. The predicted molar refractivity (Wildman–Crippen MR) is 67.4 cm³/mol. The molecule has 1 aromatic heterocycles. The van der Waals surface area contributed by atoms with Crippen molar-refractivity contribution in [3.05, 3.63) is 41.5 Å². The third-order valence-electron chi connectivity index (χ3n) is 2.74. The second kappa shape index (κ2) is 6.42. The molecule has 20 heavy (non-hydrogen) atoms. The second-order valence-corrected chi connectivity index (χ2v) is 4.25.